The van der Waals surface area contributed by atoms with E-state index < -0.39 is 6.17 Å². The van der Waals surface area contributed by atoms with Gasteiger partial charge in [0.1, 0.15) is 0 Å². The first kappa shape index (κ1) is 18.2. The summed E-state index contributed by atoms with van der Waals surface area (Å²) in [7, 11) is 3.22. The Morgan fingerprint density at radius 1 is 1.19 bits per heavy atom. The SMILES string of the molecule is COc1cc2c(cc1OC)C(C)N(C(Cc1ccccc1)[N+](=O)[O-])CC2. The Labute approximate surface area is 153 Å². The van der Waals surface area contributed by atoms with E-state index in [1.54, 1.807) is 14.2 Å². The molecule has 2 aromatic carbocycles. The molecule has 2 aromatic rings. The Bertz CT molecular complexity index is 779. The van der Waals surface area contributed by atoms with Gasteiger partial charge in [-0.3, -0.25) is 10.1 Å². The maximum atomic E-state index is 11.8. The number of nitrogens with zero attached hydrogens (tertiary/aromatic N) is 2. The van der Waals surface area contributed by atoms with Gasteiger partial charge in [0.2, 0.25) is 0 Å². The van der Waals surface area contributed by atoms with Gasteiger partial charge in [-0.2, -0.15) is 0 Å². The first-order valence-electron chi connectivity index (χ1n) is 8.73. The topological polar surface area (TPSA) is 64.8 Å². The van der Waals surface area contributed by atoms with Gasteiger partial charge in [0.25, 0.3) is 6.17 Å². The van der Waals surface area contributed by atoms with Crippen molar-refractivity contribution >= 4 is 0 Å². The van der Waals surface area contributed by atoms with Crippen molar-refractivity contribution in [1.29, 1.82) is 0 Å². The maximum absolute atomic E-state index is 11.8. The fourth-order valence-corrected chi connectivity index (χ4v) is 3.71. The fourth-order valence-electron chi connectivity index (χ4n) is 3.71. The van der Waals surface area contributed by atoms with Crippen LogP contribution in [0.2, 0.25) is 0 Å². The summed E-state index contributed by atoms with van der Waals surface area (Å²) in [6.45, 7) is 2.66. The predicted molar refractivity (Wildman–Crippen MR) is 99.3 cm³/mol. The summed E-state index contributed by atoms with van der Waals surface area (Å²) in [5.41, 5.74) is 3.20. The van der Waals surface area contributed by atoms with E-state index in [9.17, 15) is 10.1 Å². The lowest BCUT2D eigenvalue weighted by Gasteiger charge is -2.36. The van der Waals surface area contributed by atoms with Gasteiger partial charge >= 0.3 is 0 Å². The van der Waals surface area contributed by atoms with Gasteiger partial charge in [-0.15, -0.1) is 0 Å². The summed E-state index contributed by atoms with van der Waals surface area (Å²) in [6, 6.07) is 13.5. The van der Waals surface area contributed by atoms with Crippen LogP contribution < -0.4 is 9.47 Å². The number of nitro groups is 1. The molecule has 0 amide bonds. The average Bonchev–Trinajstić information content (AvgIpc) is 2.66. The van der Waals surface area contributed by atoms with Crippen LogP contribution >= 0.6 is 0 Å². The number of hydrogen-bond donors (Lipinski definition) is 0. The lowest BCUT2D eigenvalue weighted by Crippen LogP contribution is -2.47. The van der Waals surface area contributed by atoms with Crippen molar-refractivity contribution in [2.24, 2.45) is 0 Å². The lowest BCUT2D eigenvalue weighted by molar-refractivity contribution is -0.553. The molecular formula is C20H24N2O4. The van der Waals surface area contributed by atoms with Crippen molar-refractivity contribution in [3.63, 3.8) is 0 Å². The van der Waals surface area contributed by atoms with E-state index in [1.807, 2.05) is 54.3 Å². The van der Waals surface area contributed by atoms with Crippen LogP contribution in [0, 0.1) is 10.1 Å². The van der Waals surface area contributed by atoms with Gasteiger partial charge in [0.15, 0.2) is 11.5 Å². The van der Waals surface area contributed by atoms with E-state index >= 15 is 0 Å². The maximum Gasteiger partial charge on any atom is 0.272 e. The average molecular weight is 356 g/mol. The van der Waals surface area contributed by atoms with Crippen LogP contribution in [0.3, 0.4) is 0 Å². The quantitative estimate of drug-likeness (QED) is 0.586. The Morgan fingerprint density at radius 3 is 2.46 bits per heavy atom. The zero-order chi connectivity index (χ0) is 18.7. The molecule has 2 atom stereocenters. The van der Waals surface area contributed by atoms with Crippen LogP contribution in [0.1, 0.15) is 29.7 Å². The molecule has 0 saturated carbocycles. The molecular weight excluding hydrogens is 332 g/mol. The number of benzene rings is 2. The number of fused-ring (bicyclic) bond motifs is 1. The first-order chi connectivity index (χ1) is 12.5. The zero-order valence-electron chi connectivity index (χ0n) is 15.3. The highest BCUT2D eigenvalue weighted by atomic mass is 16.6. The van der Waals surface area contributed by atoms with E-state index in [2.05, 4.69) is 0 Å². The highest BCUT2D eigenvalue weighted by Crippen LogP contribution is 2.38. The van der Waals surface area contributed by atoms with Crippen molar-refractivity contribution in [2.75, 3.05) is 20.8 Å². The van der Waals surface area contributed by atoms with Crippen LogP contribution in [0.15, 0.2) is 42.5 Å². The van der Waals surface area contributed by atoms with E-state index in [0.717, 1.165) is 23.1 Å². The van der Waals surface area contributed by atoms with Crippen molar-refractivity contribution in [3.05, 3.63) is 69.3 Å². The van der Waals surface area contributed by atoms with Gasteiger partial charge in [-0.05, 0) is 42.2 Å². The summed E-state index contributed by atoms with van der Waals surface area (Å²) >= 11 is 0. The van der Waals surface area contributed by atoms with Crippen molar-refractivity contribution in [2.45, 2.75) is 32.0 Å². The number of ether oxygens (including phenoxy) is 2. The molecule has 26 heavy (non-hydrogen) atoms. The normalized spacial score (nSPS) is 18.0. The van der Waals surface area contributed by atoms with Crippen molar-refractivity contribution < 1.29 is 14.4 Å². The van der Waals surface area contributed by atoms with Gasteiger partial charge < -0.3 is 9.47 Å². The van der Waals surface area contributed by atoms with Crippen molar-refractivity contribution in [3.8, 4) is 11.5 Å². The van der Waals surface area contributed by atoms with Crippen LogP contribution in [0.5, 0.6) is 11.5 Å². The highest BCUT2D eigenvalue weighted by Gasteiger charge is 2.36. The van der Waals surface area contributed by atoms with E-state index in [1.165, 1.54) is 0 Å². The minimum Gasteiger partial charge on any atom is -0.493 e. The summed E-state index contributed by atoms with van der Waals surface area (Å²) in [5, 5.41) is 11.8. The smallest absolute Gasteiger partial charge is 0.272 e. The molecule has 0 saturated heterocycles. The highest BCUT2D eigenvalue weighted by molar-refractivity contribution is 5.49. The molecule has 0 aromatic heterocycles. The Hall–Kier alpha value is -2.60. The molecule has 1 heterocycles. The van der Waals surface area contributed by atoms with Gasteiger partial charge in [0, 0.05) is 17.5 Å². The molecule has 1 aliphatic rings. The molecule has 0 spiro atoms. The molecule has 1 aliphatic heterocycles. The summed E-state index contributed by atoms with van der Waals surface area (Å²) in [6.07, 6.45) is 0.383. The second kappa shape index (κ2) is 7.74. The molecule has 6 nitrogen and oxygen atoms in total. The van der Waals surface area contributed by atoms with Crippen LogP contribution in [-0.4, -0.2) is 36.8 Å². The fraction of sp³-hybridized carbons (Fsp3) is 0.400. The molecule has 2 unspecified atom stereocenters. The van der Waals surface area contributed by atoms with E-state index in [-0.39, 0.29) is 11.0 Å². The monoisotopic (exact) mass is 356 g/mol. The third-order valence-electron chi connectivity index (χ3n) is 5.12. The van der Waals surface area contributed by atoms with Gasteiger partial charge in [0.05, 0.1) is 20.6 Å². The second-order valence-electron chi connectivity index (χ2n) is 6.53. The molecule has 0 bridgehead atoms. The summed E-state index contributed by atoms with van der Waals surface area (Å²) in [5.74, 6) is 1.35. The largest absolute Gasteiger partial charge is 0.493 e. The van der Waals surface area contributed by atoms with Crippen LogP contribution in [0.25, 0.3) is 0 Å². The molecule has 3 rings (SSSR count). The minimum atomic E-state index is -0.756. The van der Waals surface area contributed by atoms with E-state index in [0.29, 0.717) is 24.5 Å². The molecule has 138 valence electrons. The van der Waals surface area contributed by atoms with E-state index in [4.69, 9.17) is 9.47 Å². The second-order valence-corrected chi connectivity index (χ2v) is 6.53. The van der Waals surface area contributed by atoms with Crippen LogP contribution in [0.4, 0.5) is 0 Å². The number of hydrogen-bond acceptors (Lipinski definition) is 5. The molecule has 0 radical (unpaired) electrons. The standard InChI is InChI=1S/C20H24N2O4/c1-14-17-13-19(26-3)18(25-2)12-16(17)9-10-21(14)20(22(23)24)11-15-7-5-4-6-8-15/h4-8,12-14,20H,9-11H2,1-3H3. The Balaban J connectivity index is 1.90. The molecule has 0 aliphatic carbocycles. The Kier molecular flexibility index (Phi) is 5.42. The predicted octanol–water partition coefficient (Wildman–Crippen LogP) is 3.47. The Morgan fingerprint density at radius 2 is 1.85 bits per heavy atom. The van der Waals surface area contributed by atoms with Crippen LogP contribution in [-0.2, 0) is 12.8 Å². The number of rotatable bonds is 6. The molecule has 0 fully saturated rings. The zero-order valence-corrected chi connectivity index (χ0v) is 15.3. The van der Waals surface area contributed by atoms with Crippen molar-refractivity contribution in [1.82, 2.24) is 4.90 Å². The molecule has 0 N–H and O–H groups in total. The first-order valence-corrected chi connectivity index (χ1v) is 8.73. The molecule has 6 heteroatoms. The van der Waals surface area contributed by atoms with Gasteiger partial charge in [-0.25, -0.2) is 4.90 Å². The minimum absolute atomic E-state index is 0.0716. The third kappa shape index (κ3) is 3.51. The summed E-state index contributed by atoms with van der Waals surface area (Å²) in [4.78, 5) is 13.6. The summed E-state index contributed by atoms with van der Waals surface area (Å²) < 4.78 is 10.8. The third-order valence-corrected chi connectivity index (χ3v) is 5.12. The van der Waals surface area contributed by atoms with Gasteiger partial charge in [-0.1, -0.05) is 30.3 Å². The lowest BCUT2D eigenvalue weighted by atomic mass is 9.91. The number of methoxy groups -OCH3 is 2.